The first kappa shape index (κ1) is 23.4. The van der Waals surface area contributed by atoms with Gasteiger partial charge in [-0.1, -0.05) is 41.9 Å². The Bertz CT molecular complexity index is 1220. The van der Waals surface area contributed by atoms with Crippen molar-refractivity contribution in [2.45, 2.75) is 13.5 Å². The number of nitrogens with zero attached hydrogens (tertiary/aromatic N) is 1. The molecule has 0 aliphatic carbocycles. The van der Waals surface area contributed by atoms with Crippen LogP contribution in [0.5, 0.6) is 11.5 Å². The van der Waals surface area contributed by atoms with Gasteiger partial charge in [0.05, 0.1) is 21.7 Å². The van der Waals surface area contributed by atoms with Gasteiger partial charge in [-0.05, 0) is 88.2 Å². The molecule has 0 N–H and O–H groups in total. The van der Waals surface area contributed by atoms with E-state index in [2.05, 4.69) is 15.9 Å². The molecule has 0 spiro atoms. The van der Waals surface area contributed by atoms with Crippen molar-refractivity contribution in [2.75, 3.05) is 11.5 Å². The predicted molar refractivity (Wildman–Crippen MR) is 136 cm³/mol. The minimum absolute atomic E-state index is 0.329. The number of benzene rings is 3. The van der Waals surface area contributed by atoms with Gasteiger partial charge < -0.3 is 9.47 Å². The van der Waals surface area contributed by atoms with Gasteiger partial charge in [-0.3, -0.25) is 9.59 Å². The van der Waals surface area contributed by atoms with Gasteiger partial charge in [-0.25, -0.2) is 4.90 Å². The number of thioether (sulfide) groups is 1. The highest BCUT2D eigenvalue weighted by molar-refractivity contribution is 9.10. The molecular formula is C25H19BrClNO4S. The zero-order chi connectivity index (χ0) is 23.4. The smallest absolute Gasteiger partial charge is 0.298 e. The maximum Gasteiger partial charge on any atom is 0.298 e. The largest absolute Gasteiger partial charge is 0.490 e. The summed E-state index contributed by atoms with van der Waals surface area (Å²) >= 11 is 10.4. The maximum atomic E-state index is 12.9. The maximum absolute atomic E-state index is 12.9. The summed E-state index contributed by atoms with van der Waals surface area (Å²) in [6, 6.07) is 19.9. The van der Waals surface area contributed by atoms with Crippen LogP contribution in [0.2, 0.25) is 5.02 Å². The molecule has 3 aromatic rings. The van der Waals surface area contributed by atoms with Crippen LogP contribution in [-0.4, -0.2) is 17.8 Å². The van der Waals surface area contributed by atoms with Gasteiger partial charge in [-0.15, -0.1) is 0 Å². The first-order chi connectivity index (χ1) is 16.0. The highest BCUT2D eigenvalue weighted by Gasteiger charge is 2.36. The Morgan fingerprint density at radius 2 is 1.76 bits per heavy atom. The lowest BCUT2D eigenvalue weighted by Crippen LogP contribution is -2.27. The van der Waals surface area contributed by atoms with Gasteiger partial charge in [0.15, 0.2) is 11.5 Å². The first-order valence-corrected chi connectivity index (χ1v) is 12.1. The molecule has 0 unspecified atom stereocenters. The monoisotopic (exact) mass is 543 g/mol. The number of amides is 2. The van der Waals surface area contributed by atoms with Gasteiger partial charge in [0, 0.05) is 5.02 Å². The van der Waals surface area contributed by atoms with E-state index in [1.807, 2.05) is 43.3 Å². The second-order valence-corrected chi connectivity index (χ2v) is 9.31. The summed E-state index contributed by atoms with van der Waals surface area (Å²) in [5.41, 5.74) is 2.22. The average molecular weight is 545 g/mol. The van der Waals surface area contributed by atoms with E-state index in [0.717, 1.165) is 17.3 Å². The minimum atomic E-state index is -0.353. The molecule has 0 aromatic heterocycles. The molecule has 5 nitrogen and oxygen atoms in total. The van der Waals surface area contributed by atoms with Gasteiger partial charge in [-0.2, -0.15) is 0 Å². The summed E-state index contributed by atoms with van der Waals surface area (Å²) in [6.07, 6.45) is 1.68. The van der Waals surface area contributed by atoms with Crippen LogP contribution in [0.4, 0.5) is 10.5 Å². The SMILES string of the molecule is CCOc1cc(/C=C2\SC(=O)N(c3ccccc3)C2=O)cc(Br)c1OCc1ccc(Cl)cc1. The molecular weight excluding hydrogens is 526 g/mol. The fourth-order valence-electron chi connectivity index (χ4n) is 3.23. The lowest BCUT2D eigenvalue weighted by molar-refractivity contribution is -0.113. The predicted octanol–water partition coefficient (Wildman–Crippen LogP) is 7.32. The standard InChI is InChI=1S/C25H19BrClNO4S/c1-2-31-21-13-17(12-20(26)23(21)32-15-16-8-10-18(27)11-9-16)14-22-24(29)28(25(30)33-22)19-6-4-3-5-7-19/h3-14H,2,15H2,1H3/b22-14-. The molecule has 0 atom stereocenters. The highest BCUT2D eigenvalue weighted by atomic mass is 79.9. The van der Waals surface area contributed by atoms with Crippen molar-refractivity contribution in [3.05, 3.63) is 92.3 Å². The average Bonchev–Trinajstić information content (AvgIpc) is 3.08. The van der Waals surface area contributed by atoms with E-state index in [-0.39, 0.29) is 11.1 Å². The van der Waals surface area contributed by atoms with E-state index in [9.17, 15) is 9.59 Å². The molecule has 1 aliphatic heterocycles. The Labute approximate surface area is 209 Å². The molecule has 0 saturated carbocycles. The van der Waals surface area contributed by atoms with Crippen molar-refractivity contribution in [1.29, 1.82) is 0 Å². The Hall–Kier alpha value is -2.74. The van der Waals surface area contributed by atoms with Crippen molar-refractivity contribution < 1.29 is 19.1 Å². The van der Waals surface area contributed by atoms with Crippen molar-refractivity contribution in [3.63, 3.8) is 0 Å². The Morgan fingerprint density at radius 3 is 2.45 bits per heavy atom. The van der Waals surface area contributed by atoms with E-state index in [0.29, 0.717) is 50.4 Å². The number of hydrogen-bond acceptors (Lipinski definition) is 5. The second-order valence-electron chi connectivity index (χ2n) is 7.03. The molecule has 1 fully saturated rings. The summed E-state index contributed by atoms with van der Waals surface area (Å²) in [5.74, 6) is 0.740. The normalized spacial score (nSPS) is 14.8. The molecule has 0 bridgehead atoms. The fraction of sp³-hybridized carbons (Fsp3) is 0.120. The molecule has 8 heteroatoms. The lowest BCUT2D eigenvalue weighted by atomic mass is 10.1. The highest BCUT2D eigenvalue weighted by Crippen LogP contribution is 2.40. The zero-order valence-corrected chi connectivity index (χ0v) is 20.7. The molecule has 4 rings (SSSR count). The van der Waals surface area contributed by atoms with Crippen LogP contribution in [0.1, 0.15) is 18.1 Å². The number of anilines is 1. The number of carbonyl (C=O) groups is 2. The summed E-state index contributed by atoms with van der Waals surface area (Å²) in [6.45, 7) is 2.66. The van der Waals surface area contributed by atoms with Crippen LogP contribution >= 0.6 is 39.3 Å². The van der Waals surface area contributed by atoms with Crippen molar-refractivity contribution in [1.82, 2.24) is 0 Å². The number of imide groups is 1. The number of hydrogen-bond donors (Lipinski definition) is 0. The second kappa shape index (κ2) is 10.5. The fourth-order valence-corrected chi connectivity index (χ4v) is 4.77. The molecule has 1 heterocycles. The quantitative estimate of drug-likeness (QED) is 0.292. The van der Waals surface area contributed by atoms with E-state index in [1.165, 1.54) is 4.90 Å². The van der Waals surface area contributed by atoms with Gasteiger partial charge in [0.1, 0.15) is 6.61 Å². The Balaban J connectivity index is 1.59. The van der Waals surface area contributed by atoms with Gasteiger partial charge in [0.25, 0.3) is 11.1 Å². The number of ether oxygens (including phenoxy) is 2. The van der Waals surface area contributed by atoms with Gasteiger partial charge in [0.2, 0.25) is 0 Å². The van der Waals surface area contributed by atoms with Crippen molar-refractivity contribution in [2.24, 2.45) is 0 Å². The van der Waals surface area contributed by atoms with Crippen LogP contribution in [0, 0.1) is 0 Å². The zero-order valence-electron chi connectivity index (χ0n) is 17.6. The van der Waals surface area contributed by atoms with E-state index in [4.69, 9.17) is 21.1 Å². The Kier molecular flexibility index (Phi) is 7.42. The number of para-hydroxylation sites is 1. The third kappa shape index (κ3) is 5.43. The third-order valence-corrected chi connectivity index (χ3v) is 6.44. The number of halogens is 2. The van der Waals surface area contributed by atoms with Crippen LogP contribution < -0.4 is 14.4 Å². The molecule has 1 saturated heterocycles. The van der Waals surface area contributed by atoms with E-state index in [1.54, 1.807) is 36.4 Å². The molecule has 2 amide bonds. The topological polar surface area (TPSA) is 55.8 Å². The molecule has 0 radical (unpaired) electrons. The van der Waals surface area contributed by atoms with Crippen molar-refractivity contribution in [3.8, 4) is 11.5 Å². The van der Waals surface area contributed by atoms with Crippen LogP contribution in [-0.2, 0) is 11.4 Å². The third-order valence-electron chi connectivity index (χ3n) is 4.73. The molecule has 1 aliphatic rings. The molecule has 168 valence electrons. The number of rotatable bonds is 7. The summed E-state index contributed by atoms with van der Waals surface area (Å²) < 4.78 is 12.5. The summed E-state index contributed by atoms with van der Waals surface area (Å²) in [7, 11) is 0. The summed E-state index contributed by atoms with van der Waals surface area (Å²) in [5, 5.41) is 0.334. The van der Waals surface area contributed by atoms with Crippen LogP contribution in [0.15, 0.2) is 76.1 Å². The van der Waals surface area contributed by atoms with Crippen molar-refractivity contribution >= 4 is 62.2 Å². The van der Waals surface area contributed by atoms with E-state index >= 15 is 0 Å². The summed E-state index contributed by atoms with van der Waals surface area (Å²) in [4.78, 5) is 26.9. The Morgan fingerprint density at radius 1 is 1.03 bits per heavy atom. The number of carbonyl (C=O) groups excluding carboxylic acids is 2. The van der Waals surface area contributed by atoms with E-state index < -0.39 is 0 Å². The minimum Gasteiger partial charge on any atom is -0.490 e. The lowest BCUT2D eigenvalue weighted by Gasteiger charge is -2.15. The molecule has 33 heavy (non-hydrogen) atoms. The van der Waals surface area contributed by atoms with Crippen LogP contribution in [0.25, 0.3) is 6.08 Å². The van der Waals surface area contributed by atoms with Crippen LogP contribution in [0.3, 0.4) is 0 Å². The first-order valence-electron chi connectivity index (χ1n) is 10.1. The van der Waals surface area contributed by atoms with Gasteiger partial charge >= 0.3 is 0 Å². The molecule has 3 aromatic carbocycles.